The highest BCUT2D eigenvalue weighted by Gasteiger charge is 2.31. The summed E-state index contributed by atoms with van der Waals surface area (Å²) < 4.78 is 55.5. The molecule has 2 N–H and O–H groups in total. The molecular formula is C15H14FN2O5S+. The van der Waals surface area contributed by atoms with Crippen LogP contribution in [0.15, 0.2) is 45.8 Å². The maximum Gasteiger partial charge on any atom is 0.336 e. The summed E-state index contributed by atoms with van der Waals surface area (Å²) in [7, 11) is -1.47. The predicted octanol–water partition coefficient (Wildman–Crippen LogP) is 1.57. The van der Waals surface area contributed by atoms with E-state index < -0.39 is 20.7 Å². The number of hydrogen-bond acceptors (Lipinski definition) is 6. The molecule has 24 heavy (non-hydrogen) atoms. The van der Waals surface area contributed by atoms with Gasteiger partial charge in [-0.25, -0.2) is 4.39 Å². The van der Waals surface area contributed by atoms with Crippen molar-refractivity contribution >= 4 is 26.8 Å². The third-order valence-corrected chi connectivity index (χ3v) is 4.91. The molecule has 7 nitrogen and oxygen atoms in total. The number of methoxy groups -OCH3 is 2. The molecule has 0 spiro atoms. The molecule has 0 fully saturated rings. The highest BCUT2D eigenvalue weighted by atomic mass is 32.2. The van der Waals surface area contributed by atoms with E-state index in [1.807, 2.05) is 0 Å². The minimum absolute atomic E-state index is 0.0211. The average Bonchev–Trinajstić information content (AvgIpc) is 2.96. The Kier molecular flexibility index (Phi) is 4.12. The molecule has 0 aliphatic rings. The van der Waals surface area contributed by atoms with E-state index in [1.54, 1.807) is 18.2 Å². The Morgan fingerprint density at radius 1 is 1.08 bits per heavy atom. The van der Waals surface area contributed by atoms with Gasteiger partial charge in [-0.2, -0.15) is 13.1 Å². The molecule has 0 aliphatic heterocycles. The first-order valence-electron chi connectivity index (χ1n) is 6.82. The first kappa shape index (κ1) is 16.2. The normalized spacial score (nSPS) is 11.6. The Balaban J connectivity index is 2.12. The summed E-state index contributed by atoms with van der Waals surface area (Å²) in [5, 5.41) is 4.13. The first-order chi connectivity index (χ1) is 11.5. The Hall–Kier alpha value is -2.65. The standard InChI is InChI=1S/C15H13FN2O5S/c1-21-10-6-4-7-11-13(10)15(17-23-11)18-24(19,20)14-9(16)5-3-8-12(14)22-2/h3-8H,1-2H3,(H,17,18)/p+1. The number of fused-ring (bicyclic) bond motifs is 1. The first-order valence-corrected chi connectivity index (χ1v) is 8.37. The fourth-order valence-electron chi connectivity index (χ4n) is 2.37. The van der Waals surface area contributed by atoms with Crippen LogP contribution in [0.4, 0.5) is 10.2 Å². The van der Waals surface area contributed by atoms with E-state index in [2.05, 4.69) is 5.16 Å². The molecule has 0 saturated heterocycles. The number of nitrogens with zero attached hydrogens (tertiary/aromatic N) is 1. The zero-order valence-electron chi connectivity index (χ0n) is 12.8. The third-order valence-electron chi connectivity index (χ3n) is 3.41. The van der Waals surface area contributed by atoms with E-state index in [0.29, 0.717) is 16.7 Å². The number of nitrogens with two attached hydrogens (primary N) is 1. The van der Waals surface area contributed by atoms with Crippen LogP contribution in [-0.4, -0.2) is 27.8 Å². The van der Waals surface area contributed by atoms with E-state index in [4.69, 9.17) is 14.0 Å². The van der Waals surface area contributed by atoms with Gasteiger partial charge in [0.2, 0.25) is 0 Å². The van der Waals surface area contributed by atoms with Crippen LogP contribution in [0.5, 0.6) is 11.5 Å². The molecular weight excluding hydrogens is 339 g/mol. The molecule has 1 aromatic heterocycles. The van der Waals surface area contributed by atoms with Crippen LogP contribution in [0, 0.1) is 5.82 Å². The Morgan fingerprint density at radius 3 is 2.46 bits per heavy atom. The number of quaternary nitrogens is 1. The van der Waals surface area contributed by atoms with Gasteiger partial charge in [-0.1, -0.05) is 12.1 Å². The molecule has 3 aromatic rings. The molecule has 3 rings (SSSR count). The number of rotatable bonds is 5. The van der Waals surface area contributed by atoms with E-state index in [9.17, 15) is 12.8 Å². The van der Waals surface area contributed by atoms with Crippen molar-refractivity contribution in [1.82, 2.24) is 5.16 Å². The molecule has 126 valence electrons. The Bertz CT molecular complexity index is 1000. The quantitative estimate of drug-likeness (QED) is 0.748. The van der Waals surface area contributed by atoms with Gasteiger partial charge in [0.15, 0.2) is 16.3 Å². The number of primary sulfonamides is 1. The lowest BCUT2D eigenvalue weighted by Crippen LogP contribution is -2.81. The fourth-order valence-corrected chi connectivity index (χ4v) is 3.71. The number of halogens is 1. The van der Waals surface area contributed by atoms with Crippen LogP contribution in [0.25, 0.3) is 11.0 Å². The van der Waals surface area contributed by atoms with Gasteiger partial charge in [0.25, 0.3) is 5.82 Å². The molecule has 2 aromatic carbocycles. The lowest BCUT2D eigenvalue weighted by Gasteiger charge is -2.08. The zero-order valence-corrected chi connectivity index (χ0v) is 13.6. The summed E-state index contributed by atoms with van der Waals surface area (Å²) in [5.41, 5.74) is 0.358. The summed E-state index contributed by atoms with van der Waals surface area (Å²) in [6, 6.07) is 8.73. The van der Waals surface area contributed by atoms with Crippen molar-refractivity contribution in [3.05, 3.63) is 42.2 Å². The summed E-state index contributed by atoms with van der Waals surface area (Å²) in [4.78, 5) is -0.557. The second-order valence-electron chi connectivity index (χ2n) is 4.84. The molecule has 0 saturated carbocycles. The van der Waals surface area contributed by atoms with Crippen LogP contribution in [0.1, 0.15) is 0 Å². The zero-order chi connectivity index (χ0) is 17.3. The van der Waals surface area contributed by atoms with Crippen LogP contribution in [0.3, 0.4) is 0 Å². The molecule has 0 atom stereocenters. The van der Waals surface area contributed by atoms with Crippen LogP contribution < -0.4 is 14.2 Å². The molecule has 0 radical (unpaired) electrons. The van der Waals surface area contributed by atoms with E-state index >= 15 is 0 Å². The van der Waals surface area contributed by atoms with Gasteiger partial charge in [-0.05, 0) is 29.4 Å². The molecule has 0 bridgehead atoms. The minimum Gasteiger partial charge on any atom is -0.496 e. The molecule has 0 unspecified atom stereocenters. The molecule has 1 heterocycles. The second-order valence-corrected chi connectivity index (χ2v) is 6.57. The number of ether oxygens (including phenoxy) is 2. The van der Waals surface area contributed by atoms with Crippen LogP contribution in [0.2, 0.25) is 0 Å². The highest BCUT2D eigenvalue weighted by molar-refractivity contribution is 7.85. The minimum atomic E-state index is -4.18. The molecule has 0 amide bonds. The monoisotopic (exact) mass is 353 g/mol. The largest absolute Gasteiger partial charge is 0.496 e. The van der Waals surface area contributed by atoms with E-state index in [1.165, 1.54) is 26.4 Å². The second kappa shape index (κ2) is 6.10. The van der Waals surface area contributed by atoms with E-state index in [-0.39, 0.29) is 11.6 Å². The van der Waals surface area contributed by atoms with Gasteiger partial charge >= 0.3 is 10.0 Å². The molecule has 0 aliphatic carbocycles. The predicted molar refractivity (Wildman–Crippen MR) is 82.3 cm³/mol. The van der Waals surface area contributed by atoms with Gasteiger partial charge in [0, 0.05) is 0 Å². The third kappa shape index (κ3) is 2.68. The van der Waals surface area contributed by atoms with Crippen molar-refractivity contribution in [3.63, 3.8) is 0 Å². The highest BCUT2D eigenvalue weighted by Crippen LogP contribution is 2.30. The van der Waals surface area contributed by atoms with Crippen molar-refractivity contribution < 1.29 is 31.5 Å². The Morgan fingerprint density at radius 2 is 1.75 bits per heavy atom. The number of aromatic nitrogens is 1. The van der Waals surface area contributed by atoms with Crippen LogP contribution in [-0.2, 0) is 10.0 Å². The summed E-state index contributed by atoms with van der Waals surface area (Å²) >= 11 is 0. The van der Waals surface area contributed by atoms with Crippen molar-refractivity contribution in [3.8, 4) is 11.5 Å². The van der Waals surface area contributed by atoms with E-state index in [0.717, 1.165) is 10.8 Å². The maximum absolute atomic E-state index is 14.1. The van der Waals surface area contributed by atoms with Gasteiger partial charge in [0.1, 0.15) is 16.9 Å². The number of sulfonamides is 1. The average molecular weight is 353 g/mol. The van der Waals surface area contributed by atoms with Crippen molar-refractivity contribution in [1.29, 1.82) is 0 Å². The smallest absolute Gasteiger partial charge is 0.336 e. The van der Waals surface area contributed by atoms with Crippen molar-refractivity contribution in [2.45, 2.75) is 4.90 Å². The topological polar surface area (TPSA) is 95.2 Å². The van der Waals surface area contributed by atoms with Crippen molar-refractivity contribution in [2.24, 2.45) is 0 Å². The summed E-state index contributed by atoms with van der Waals surface area (Å²) in [6.45, 7) is 0. The lowest BCUT2D eigenvalue weighted by molar-refractivity contribution is -0.402. The fraction of sp³-hybridized carbons (Fsp3) is 0.133. The van der Waals surface area contributed by atoms with Gasteiger partial charge in [-0.3, -0.25) is 0 Å². The van der Waals surface area contributed by atoms with Gasteiger partial charge in [-0.15, -0.1) is 0 Å². The SMILES string of the molecule is COc1cccc(F)c1S(=O)(=O)[NH2+]c1noc2cccc(OC)c12. The van der Waals surface area contributed by atoms with Gasteiger partial charge in [0.05, 0.1) is 14.2 Å². The lowest BCUT2D eigenvalue weighted by atomic mass is 10.2. The number of benzene rings is 2. The molecule has 9 heteroatoms. The van der Waals surface area contributed by atoms with Crippen LogP contribution >= 0.6 is 0 Å². The Labute approximate surface area is 137 Å². The summed E-state index contributed by atoms with van der Waals surface area (Å²) in [6.07, 6.45) is 0. The maximum atomic E-state index is 14.1. The van der Waals surface area contributed by atoms with Gasteiger partial charge < -0.3 is 14.0 Å². The van der Waals surface area contributed by atoms with Crippen molar-refractivity contribution in [2.75, 3.05) is 14.2 Å². The summed E-state index contributed by atoms with van der Waals surface area (Å²) in [5.74, 6) is -0.583. The number of hydrogen-bond donors (Lipinski definition) is 1.